The molecule has 0 bridgehead atoms. The fourth-order valence-corrected chi connectivity index (χ4v) is 2.17. The molecule has 21 heavy (non-hydrogen) atoms. The van der Waals surface area contributed by atoms with Crippen LogP contribution >= 0.6 is 15.9 Å². The van der Waals surface area contributed by atoms with Crippen molar-refractivity contribution in [3.8, 4) is 0 Å². The average molecular weight is 357 g/mol. The summed E-state index contributed by atoms with van der Waals surface area (Å²) in [6.07, 6.45) is -4.47. The first-order valence-corrected chi connectivity index (χ1v) is 6.85. The van der Waals surface area contributed by atoms with Crippen LogP contribution < -0.4 is 5.73 Å². The first kappa shape index (κ1) is 15.6. The third kappa shape index (κ3) is 3.64. The zero-order valence-corrected chi connectivity index (χ0v) is 12.7. The summed E-state index contributed by atoms with van der Waals surface area (Å²) >= 11 is 3.35. The van der Waals surface area contributed by atoms with E-state index in [9.17, 15) is 13.2 Å². The van der Waals surface area contributed by atoms with Crippen LogP contribution in [0.4, 0.5) is 18.9 Å². The lowest BCUT2D eigenvalue weighted by atomic mass is 10.1. The van der Waals surface area contributed by atoms with Crippen LogP contribution in [0.3, 0.4) is 0 Å². The number of rotatable bonds is 2. The lowest BCUT2D eigenvalue weighted by Gasteiger charge is -2.12. The van der Waals surface area contributed by atoms with Crippen molar-refractivity contribution in [1.82, 2.24) is 0 Å². The van der Waals surface area contributed by atoms with Gasteiger partial charge in [0, 0.05) is 10.0 Å². The average Bonchev–Trinajstić information content (AvgIpc) is 2.42. The Morgan fingerprint density at radius 3 is 2.43 bits per heavy atom. The number of nitrogens with zero attached hydrogens (tertiary/aromatic N) is 1. The number of alkyl halides is 3. The predicted octanol–water partition coefficient (Wildman–Crippen LogP) is 4.81. The molecule has 2 aromatic carbocycles. The summed E-state index contributed by atoms with van der Waals surface area (Å²) in [4.78, 5) is 4.07. The fraction of sp³-hybridized carbons (Fsp3) is 0.133. The molecule has 0 aliphatic rings. The van der Waals surface area contributed by atoms with Crippen LogP contribution in [0.15, 0.2) is 51.9 Å². The maximum Gasteiger partial charge on any atom is 0.417 e. The number of hydrogen-bond donors (Lipinski definition) is 1. The van der Waals surface area contributed by atoms with E-state index in [4.69, 9.17) is 5.73 Å². The molecule has 0 amide bonds. The minimum absolute atomic E-state index is 0.123. The Hall–Kier alpha value is -1.82. The number of benzene rings is 2. The second-order valence-electron chi connectivity index (χ2n) is 4.47. The van der Waals surface area contributed by atoms with E-state index in [-0.39, 0.29) is 11.4 Å². The highest BCUT2D eigenvalue weighted by molar-refractivity contribution is 9.10. The molecule has 0 aliphatic carbocycles. The van der Waals surface area contributed by atoms with Gasteiger partial charge in [-0.2, -0.15) is 13.2 Å². The van der Waals surface area contributed by atoms with Crippen LogP contribution in [-0.2, 0) is 6.18 Å². The van der Waals surface area contributed by atoms with Gasteiger partial charge in [-0.1, -0.05) is 40.2 Å². The summed E-state index contributed by atoms with van der Waals surface area (Å²) in [6.45, 7) is 1.90. The lowest BCUT2D eigenvalue weighted by Crippen LogP contribution is -2.19. The Morgan fingerprint density at radius 1 is 1.14 bits per heavy atom. The zero-order valence-electron chi connectivity index (χ0n) is 11.1. The van der Waals surface area contributed by atoms with Crippen molar-refractivity contribution in [2.24, 2.45) is 10.7 Å². The van der Waals surface area contributed by atoms with Crippen molar-refractivity contribution in [3.63, 3.8) is 0 Å². The van der Waals surface area contributed by atoms with Gasteiger partial charge in [0.25, 0.3) is 0 Å². The fourth-order valence-electron chi connectivity index (χ4n) is 1.80. The summed E-state index contributed by atoms with van der Waals surface area (Å²) in [5.41, 5.74) is 6.32. The molecule has 2 aromatic rings. The number of nitrogens with two attached hydrogens (primary N) is 1. The van der Waals surface area contributed by atoms with Crippen molar-refractivity contribution >= 4 is 27.5 Å². The van der Waals surface area contributed by atoms with Crippen molar-refractivity contribution in [3.05, 3.63) is 63.6 Å². The SMILES string of the molecule is Cc1ccc(N=C(N)c2ccccc2C(F)(F)F)cc1Br. The van der Waals surface area contributed by atoms with Crippen molar-refractivity contribution < 1.29 is 13.2 Å². The normalized spacial score (nSPS) is 12.5. The molecule has 0 unspecified atom stereocenters. The highest BCUT2D eigenvalue weighted by atomic mass is 79.9. The summed E-state index contributed by atoms with van der Waals surface area (Å²) in [6, 6.07) is 10.3. The number of aliphatic imine (C=N–C) groups is 1. The zero-order chi connectivity index (χ0) is 15.6. The highest BCUT2D eigenvalue weighted by Crippen LogP contribution is 2.32. The van der Waals surface area contributed by atoms with Gasteiger partial charge in [0.1, 0.15) is 5.84 Å². The molecular weight excluding hydrogens is 345 g/mol. The first-order valence-electron chi connectivity index (χ1n) is 6.06. The molecule has 0 saturated heterocycles. The molecule has 0 heterocycles. The molecule has 2 rings (SSSR count). The summed E-state index contributed by atoms with van der Waals surface area (Å²) in [5.74, 6) is -0.168. The first-order chi connectivity index (χ1) is 9.79. The Labute approximate surface area is 128 Å². The van der Waals surface area contributed by atoms with Gasteiger partial charge < -0.3 is 5.73 Å². The molecule has 110 valence electrons. The van der Waals surface area contributed by atoms with E-state index < -0.39 is 11.7 Å². The van der Waals surface area contributed by atoms with Crippen LogP contribution in [0, 0.1) is 6.92 Å². The minimum atomic E-state index is -4.47. The highest BCUT2D eigenvalue weighted by Gasteiger charge is 2.33. The summed E-state index contributed by atoms with van der Waals surface area (Å²) in [7, 11) is 0. The Kier molecular flexibility index (Phi) is 4.37. The molecule has 2 N–H and O–H groups in total. The van der Waals surface area contributed by atoms with Gasteiger partial charge in [-0.3, -0.25) is 0 Å². The van der Waals surface area contributed by atoms with Crippen LogP contribution in [0.2, 0.25) is 0 Å². The van der Waals surface area contributed by atoms with Gasteiger partial charge in [0.15, 0.2) is 0 Å². The Bertz CT molecular complexity index is 694. The number of hydrogen-bond acceptors (Lipinski definition) is 1. The maximum atomic E-state index is 12.9. The molecule has 6 heteroatoms. The molecule has 0 radical (unpaired) electrons. The van der Waals surface area contributed by atoms with Crippen LogP contribution in [0.1, 0.15) is 16.7 Å². The third-order valence-corrected chi connectivity index (χ3v) is 3.77. The molecule has 2 nitrogen and oxygen atoms in total. The second kappa shape index (κ2) is 5.89. The van der Waals surface area contributed by atoms with Gasteiger partial charge >= 0.3 is 6.18 Å². The van der Waals surface area contributed by atoms with Crippen molar-refractivity contribution in [2.45, 2.75) is 13.1 Å². The Balaban J connectivity index is 2.47. The van der Waals surface area contributed by atoms with Gasteiger partial charge in [-0.25, -0.2) is 4.99 Å². The third-order valence-electron chi connectivity index (χ3n) is 2.91. The van der Waals surface area contributed by atoms with Gasteiger partial charge in [0.2, 0.25) is 0 Å². The van der Waals surface area contributed by atoms with Crippen LogP contribution in [0.5, 0.6) is 0 Å². The van der Waals surface area contributed by atoms with E-state index >= 15 is 0 Å². The molecule has 0 aromatic heterocycles. The van der Waals surface area contributed by atoms with Crippen molar-refractivity contribution in [2.75, 3.05) is 0 Å². The standard InChI is InChI=1S/C15H12BrF3N2/c1-9-6-7-10(8-13(9)16)21-14(20)11-4-2-3-5-12(11)15(17,18)19/h2-8H,1H3,(H2,20,21). The number of aryl methyl sites for hydroxylation is 1. The van der Waals surface area contributed by atoms with Gasteiger partial charge in [-0.05, 0) is 30.7 Å². The maximum absolute atomic E-state index is 12.9. The van der Waals surface area contributed by atoms with E-state index in [1.54, 1.807) is 12.1 Å². The van der Waals surface area contributed by atoms with Crippen molar-refractivity contribution in [1.29, 1.82) is 0 Å². The monoisotopic (exact) mass is 356 g/mol. The van der Waals surface area contributed by atoms with Crippen LogP contribution in [-0.4, -0.2) is 5.84 Å². The van der Waals surface area contributed by atoms with E-state index in [1.807, 2.05) is 13.0 Å². The lowest BCUT2D eigenvalue weighted by molar-refractivity contribution is -0.137. The summed E-state index contributed by atoms with van der Waals surface area (Å²) < 4.78 is 39.7. The number of halogens is 4. The molecule has 0 saturated carbocycles. The molecule has 0 fully saturated rings. The van der Waals surface area contributed by atoms with Gasteiger partial charge in [-0.15, -0.1) is 0 Å². The second-order valence-corrected chi connectivity index (χ2v) is 5.33. The molecule has 0 spiro atoms. The van der Waals surface area contributed by atoms with E-state index in [0.29, 0.717) is 5.69 Å². The summed E-state index contributed by atoms with van der Waals surface area (Å²) in [5, 5.41) is 0. The van der Waals surface area contributed by atoms with E-state index in [2.05, 4.69) is 20.9 Å². The largest absolute Gasteiger partial charge is 0.417 e. The quantitative estimate of drug-likeness (QED) is 0.608. The number of amidine groups is 1. The van der Waals surface area contributed by atoms with E-state index in [1.165, 1.54) is 18.2 Å². The van der Waals surface area contributed by atoms with Crippen LogP contribution in [0.25, 0.3) is 0 Å². The van der Waals surface area contributed by atoms with Gasteiger partial charge in [0.05, 0.1) is 11.3 Å². The minimum Gasteiger partial charge on any atom is -0.383 e. The Morgan fingerprint density at radius 2 is 1.81 bits per heavy atom. The molecular formula is C15H12BrF3N2. The molecule has 0 atom stereocenters. The van der Waals surface area contributed by atoms with E-state index in [0.717, 1.165) is 16.1 Å². The predicted molar refractivity (Wildman–Crippen MR) is 80.7 cm³/mol. The smallest absolute Gasteiger partial charge is 0.383 e. The topological polar surface area (TPSA) is 38.4 Å². The molecule has 0 aliphatic heterocycles.